The number of nitrogens with zero attached hydrogens (tertiary/aromatic N) is 4. The van der Waals surface area contributed by atoms with E-state index < -0.39 is 12.2 Å². The van der Waals surface area contributed by atoms with Crippen molar-refractivity contribution in [2.45, 2.75) is 92.7 Å². The molecule has 1 saturated heterocycles. The summed E-state index contributed by atoms with van der Waals surface area (Å²) in [6.45, 7) is 14.0. The van der Waals surface area contributed by atoms with E-state index >= 15 is 0 Å². The van der Waals surface area contributed by atoms with E-state index in [0.29, 0.717) is 25.5 Å². The molecule has 2 aromatic heterocycles. The molecule has 332 valence electrons. The summed E-state index contributed by atoms with van der Waals surface area (Å²) in [6.07, 6.45) is 8.73. The number of hydrogen-bond donors (Lipinski definition) is 4. The molecule has 3 heterocycles. The van der Waals surface area contributed by atoms with E-state index in [2.05, 4.69) is 137 Å². The van der Waals surface area contributed by atoms with Gasteiger partial charge >= 0.3 is 12.2 Å². The molecule has 4 N–H and O–H groups in total. The Morgan fingerprint density at radius 1 is 0.758 bits per heavy atom. The van der Waals surface area contributed by atoms with Crippen molar-refractivity contribution < 1.29 is 28.7 Å². The summed E-state index contributed by atoms with van der Waals surface area (Å²) in [6, 6.07) is 20.8. The van der Waals surface area contributed by atoms with Gasteiger partial charge in [-0.2, -0.15) is 0 Å². The lowest BCUT2D eigenvalue weighted by Gasteiger charge is -2.26. The number of hydrogen-bond acceptors (Lipinski definition) is 8. The second kappa shape index (κ2) is 22.1. The molecule has 2 fully saturated rings. The monoisotopic (exact) mass is 848 g/mol. The number of alkyl carbamates (subject to hydrolysis) is 2. The van der Waals surface area contributed by atoms with Crippen LogP contribution in [0, 0.1) is 11.3 Å². The zero-order chi connectivity index (χ0) is 44.8. The number of carbonyl (C=O) groups is 4. The zero-order valence-corrected chi connectivity index (χ0v) is 37.6. The Morgan fingerprint density at radius 2 is 1.31 bits per heavy atom. The number of amides is 4. The van der Waals surface area contributed by atoms with Crippen molar-refractivity contribution in [1.82, 2.24) is 40.4 Å². The standard InChI is InChI=1S/C42H48N8O6.2C3H8/c1-5-26-14-17-50(37(52)23-46-41(54)56-4)38(26)39-44-21-33(48-39)28-8-6-27(7-9-28)29-10-11-31-19-32(13-12-30(31)18-29)34-20-43-35(47-34)24-49(25-42(2)15-16-42)36(51)22-45-40(53)55-3;2*1-3-2/h6-13,18-21,26,38H,5,14-17,22-25H2,1-4H3,(H,43,47)(H,44,48)(H,45,53)(H,46,54);2*3H2,1-2H3. The van der Waals surface area contributed by atoms with Crippen LogP contribution >= 0.6 is 0 Å². The fourth-order valence-electron chi connectivity index (χ4n) is 7.49. The predicted octanol–water partition coefficient (Wildman–Crippen LogP) is 9.26. The van der Waals surface area contributed by atoms with Gasteiger partial charge in [-0.25, -0.2) is 19.6 Å². The van der Waals surface area contributed by atoms with Gasteiger partial charge in [-0.05, 0) is 70.2 Å². The molecule has 0 radical (unpaired) electrons. The molecule has 4 amide bonds. The van der Waals surface area contributed by atoms with Crippen LogP contribution in [0.2, 0.25) is 0 Å². The first-order chi connectivity index (χ1) is 29.9. The molecule has 3 aromatic carbocycles. The third kappa shape index (κ3) is 12.2. The van der Waals surface area contributed by atoms with Crippen molar-refractivity contribution in [1.29, 1.82) is 0 Å². The highest BCUT2D eigenvalue weighted by Crippen LogP contribution is 2.45. The van der Waals surface area contributed by atoms with Gasteiger partial charge < -0.3 is 39.9 Å². The van der Waals surface area contributed by atoms with E-state index in [1.54, 1.807) is 16.0 Å². The second-order valence-corrected chi connectivity index (χ2v) is 16.4. The smallest absolute Gasteiger partial charge is 0.407 e. The van der Waals surface area contributed by atoms with E-state index in [0.717, 1.165) is 75.9 Å². The number of methoxy groups -OCH3 is 2. The van der Waals surface area contributed by atoms with E-state index in [1.165, 1.54) is 27.1 Å². The van der Waals surface area contributed by atoms with E-state index in [1.807, 2.05) is 6.20 Å². The van der Waals surface area contributed by atoms with Gasteiger partial charge in [-0.15, -0.1) is 0 Å². The maximum atomic E-state index is 13.0. The van der Waals surface area contributed by atoms with Gasteiger partial charge in [0.1, 0.15) is 24.7 Å². The molecule has 0 bridgehead atoms. The van der Waals surface area contributed by atoms with E-state index in [9.17, 15) is 19.2 Å². The molecule has 2 aliphatic rings. The van der Waals surface area contributed by atoms with Crippen molar-refractivity contribution in [2.24, 2.45) is 11.3 Å². The average Bonchev–Trinajstić information content (AvgIpc) is 3.68. The molecule has 1 aliphatic heterocycles. The van der Waals surface area contributed by atoms with Crippen LogP contribution in [0.25, 0.3) is 44.4 Å². The Morgan fingerprint density at radius 3 is 1.92 bits per heavy atom. The van der Waals surface area contributed by atoms with Crippen LogP contribution in [0.4, 0.5) is 9.59 Å². The number of rotatable bonds is 13. The highest BCUT2D eigenvalue weighted by Gasteiger charge is 2.40. The van der Waals surface area contributed by atoms with Crippen LogP contribution < -0.4 is 10.6 Å². The van der Waals surface area contributed by atoms with Crippen LogP contribution in [-0.2, 0) is 25.6 Å². The van der Waals surface area contributed by atoms with E-state index in [-0.39, 0.29) is 42.3 Å². The van der Waals surface area contributed by atoms with Crippen molar-refractivity contribution in [3.05, 3.63) is 84.7 Å². The van der Waals surface area contributed by atoms with Crippen LogP contribution in [0.15, 0.2) is 73.1 Å². The highest BCUT2D eigenvalue weighted by atomic mass is 16.5. The quantitative estimate of drug-likeness (QED) is 0.0907. The Labute approximate surface area is 365 Å². The van der Waals surface area contributed by atoms with Crippen molar-refractivity contribution in [3.8, 4) is 33.6 Å². The Hall–Kier alpha value is -6.18. The zero-order valence-electron chi connectivity index (χ0n) is 37.6. The molecule has 1 saturated carbocycles. The number of imidazole rings is 2. The topological polar surface area (TPSA) is 175 Å². The van der Waals surface area contributed by atoms with Gasteiger partial charge in [0.15, 0.2) is 0 Å². The number of aromatic amines is 2. The van der Waals surface area contributed by atoms with Crippen LogP contribution in [0.5, 0.6) is 0 Å². The number of fused-ring (bicyclic) bond motifs is 1. The van der Waals surface area contributed by atoms with Crippen molar-refractivity contribution in [2.75, 3.05) is 40.4 Å². The normalized spacial score (nSPS) is 16.0. The van der Waals surface area contributed by atoms with Gasteiger partial charge in [0.2, 0.25) is 11.8 Å². The molecule has 62 heavy (non-hydrogen) atoms. The third-order valence-corrected chi connectivity index (χ3v) is 11.1. The number of ether oxygens (including phenoxy) is 2. The number of H-pyrrole nitrogens is 2. The third-order valence-electron chi connectivity index (χ3n) is 11.1. The maximum Gasteiger partial charge on any atom is 0.407 e. The minimum Gasteiger partial charge on any atom is -0.453 e. The minimum atomic E-state index is -0.638. The number of nitrogens with one attached hydrogen (secondary N) is 4. The maximum absolute atomic E-state index is 13.0. The lowest BCUT2D eigenvalue weighted by molar-refractivity contribution is -0.132. The van der Waals surface area contributed by atoms with Crippen molar-refractivity contribution >= 4 is 34.8 Å². The number of carbonyl (C=O) groups excluding carboxylic acids is 4. The van der Waals surface area contributed by atoms with Crippen molar-refractivity contribution in [3.63, 3.8) is 0 Å². The molecule has 14 nitrogen and oxygen atoms in total. The summed E-state index contributed by atoms with van der Waals surface area (Å²) in [7, 11) is 2.54. The fourth-order valence-corrected chi connectivity index (χ4v) is 7.49. The summed E-state index contributed by atoms with van der Waals surface area (Å²) < 4.78 is 9.24. The van der Waals surface area contributed by atoms with Crippen LogP contribution in [0.1, 0.15) is 97.8 Å². The van der Waals surface area contributed by atoms with Gasteiger partial charge in [-0.3, -0.25) is 9.59 Å². The van der Waals surface area contributed by atoms with E-state index in [4.69, 9.17) is 4.98 Å². The summed E-state index contributed by atoms with van der Waals surface area (Å²) in [5, 5.41) is 7.17. The Balaban J connectivity index is 0.00000114. The molecule has 2 unspecified atom stereocenters. The van der Waals surface area contributed by atoms with Gasteiger partial charge in [-0.1, -0.05) is 109 Å². The highest BCUT2D eigenvalue weighted by molar-refractivity contribution is 5.91. The summed E-state index contributed by atoms with van der Waals surface area (Å²) in [4.78, 5) is 68.9. The lowest BCUT2D eigenvalue weighted by atomic mass is 9.97. The number of likely N-dealkylation sites (tertiary alicyclic amines) is 1. The molecule has 2 atom stereocenters. The minimum absolute atomic E-state index is 0.0908. The predicted molar refractivity (Wildman–Crippen MR) is 243 cm³/mol. The molecule has 7 rings (SSSR count). The largest absolute Gasteiger partial charge is 0.453 e. The van der Waals surface area contributed by atoms with Gasteiger partial charge in [0.05, 0.1) is 50.6 Å². The first-order valence-electron chi connectivity index (χ1n) is 21.8. The van der Waals surface area contributed by atoms with Gasteiger partial charge in [0.25, 0.3) is 0 Å². The first-order valence-corrected chi connectivity index (χ1v) is 21.8. The summed E-state index contributed by atoms with van der Waals surface area (Å²) in [5.74, 6) is 1.32. The van der Waals surface area contributed by atoms with Crippen LogP contribution in [-0.4, -0.2) is 94.1 Å². The molecule has 5 aromatic rings. The Bertz CT molecular complexity index is 2260. The molecule has 14 heteroatoms. The second-order valence-electron chi connectivity index (χ2n) is 16.4. The number of aromatic nitrogens is 4. The molecule has 0 spiro atoms. The molecule has 1 aliphatic carbocycles. The van der Waals surface area contributed by atoms with Gasteiger partial charge in [0, 0.05) is 18.7 Å². The summed E-state index contributed by atoms with van der Waals surface area (Å²) >= 11 is 0. The average molecular weight is 849 g/mol. The Kier molecular flexibility index (Phi) is 16.7. The first kappa shape index (κ1) is 46.9. The SMILES string of the molecule is CCC.CCC.CCC1CCN(C(=O)CNC(=O)OC)C1c1ncc(-c2ccc(-c3ccc4cc(-c5cnc(CN(CC6(C)CC6)C(=O)CNC(=O)OC)[nH]5)ccc4c3)cc2)[nH]1. The summed E-state index contributed by atoms with van der Waals surface area (Å²) in [5.41, 5.74) is 5.96. The fraction of sp³-hybridized carbons (Fsp3) is 0.458. The molecular formula is C48H64N8O6. The number of benzene rings is 3. The lowest BCUT2D eigenvalue weighted by Crippen LogP contribution is -2.42. The van der Waals surface area contributed by atoms with Crippen LogP contribution in [0.3, 0.4) is 0 Å². The molecular weight excluding hydrogens is 785 g/mol.